The number of aliphatic hydroxyl groups excluding tert-OH is 1. The Kier molecular flexibility index (Phi) is 4.27. The fraction of sp³-hybridized carbons (Fsp3) is 0.500. The molecule has 0 aromatic carbocycles. The number of aliphatic hydroxyl groups is 1. The Morgan fingerprint density at radius 3 is 2.81 bits per heavy atom. The predicted octanol–water partition coefficient (Wildman–Crippen LogP) is 1.61. The number of hydrogen-bond donors (Lipinski definition) is 2. The Morgan fingerprint density at radius 1 is 1.56 bits per heavy atom. The Balaban J connectivity index is 2.91. The van der Waals surface area contributed by atoms with Gasteiger partial charge in [-0.1, -0.05) is 6.92 Å². The lowest BCUT2D eigenvalue weighted by Crippen LogP contribution is -2.15. The minimum Gasteiger partial charge on any atom is -0.396 e. The van der Waals surface area contributed by atoms with Crippen LogP contribution in [0.25, 0.3) is 0 Å². The van der Waals surface area contributed by atoms with E-state index in [1.54, 1.807) is 0 Å². The molecule has 1 aromatic rings. The van der Waals surface area contributed by atoms with Crippen molar-refractivity contribution in [3.63, 3.8) is 0 Å². The van der Waals surface area contributed by atoms with Crippen LogP contribution in [0, 0.1) is 31.1 Å². The Hall–Kier alpha value is -1.60. The van der Waals surface area contributed by atoms with E-state index in [1.165, 1.54) is 0 Å². The summed E-state index contributed by atoms with van der Waals surface area (Å²) in [7, 11) is 0. The molecular weight excluding hydrogens is 202 g/mol. The van der Waals surface area contributed by atoms with Crippen molar-refractivity contribution in [2.75, 3.05) is 18.5 Å². The molecule has 0 aliphatic carbocycles. The largest absolute Gasteiger partial charge is 0.396 e. The summed E-state index contributed by atoms with van der Waals surface area (Å²) in [5.41, 5.74) is 3.00. The average molecular weight is 219 g/mol. The second-order valence-corrected chi connectivity index (χ2v) is 4.05. The third-order valence-corrected chi connectivity index (χ3v) is 2.39. The van der Waals surface area contributed by atoms with Crippen LogP contribution in [0.1, 0.15) is 23.9 Å². The van der Waals surface area contributed by atoms with Crippen molar-refractivity contribution < 1.29 is 5.11 Å². The van der Waals surface area contributed by atoms with Crippen LogP contribution < -0.4 is 5.32 Å². The van der Waals surface area contributed by atoms with Gasteiger partial charge in [-0.25, -0.2) is 0 Å². The zero-order chi connectivity index (χ0) is 12.1. The van der Waals surface area contributed by atoms with Gasteiger partial charge < -0.3 is 10.4 Å². The van der Waals surface area contributed by atoms with Gasteiger partial charge in [-0.05, 0) is 25.8 Å². The highest BCUT2D eigenvalue weighted by atomic mass is 16.3. The molecule has 1 heterocycles. The summed E-state index contributed by atoms with van der Waals surface area (Å²) in [6.45, 7) is 6.45. The van der Waals surface area contributed by atoms with E-state index in [4.69, 9.17) is 10.4 Å². The SMILES string of the molecule is Cc1cc(NCC(C)CO)c(C#N)c(C)n1. The fourth-order valence-corrected chi connectivity index (χ4v) is 1.46. The van der Waals surface area contributed by atoms with Gasteiger partial charge in [0.1, 0.15) is 6.07 Å². The summed E-state index contributed by atoms with van der Waals surface area (Å²) in [6, 6.07) is 4.00. The molecule has 0 saturated carbocycles. The summed E-state index contributed by atoms with van der Waals surface area (Å²) in [6.07, 6.45) is 0. The Morgan fingerprint density at radius 2 is 2.25 bits per heavy atom. The highest BCUT2D eigenvalue weighted by Gasteiger charge is 2.08. The maximum Gasteiger partial charge on any atom is 0.103 e. The van der Waals surface area contributed by atoms with Crippen molar-refractivity contribution >= 4 is 5.69 Å². The lowest BCUT2D eigenvalue weighted by atomic mass is 10.1. The van der Waals surface area contributed by atoms with Crippen LogP contribution in [0.15, 0.2) is 6.07 Å². The van der Waals surface area contributed by atoms with Crippen LogP contribution in [-0.2, 0) is 0 Å². The maximum absolute atomic E-state index is 9.03. The number of nitrogens with one attached hydrogen (secondary N) is 1. The fourth-order valence-electron chi connectivity index (χ4n) is 1.46. The molecule has 0 aliphatic rings. The first-order chi connectivity index (χ1) is 7.58. The molecule has 2 N–H and O–H groups in total. The normalized spacial score (nSPS) is 11.9. The first-order valence-corrected chi connectivity index (χ1v) is 5.31. The summed E-state index contributed by atoms with van der Waals surface area (Å²) in [5, 5.41) is 21.1. The van der Waals surface area contributed by atoms with Crippen molar-refractivity contribution in [2.24, 2.45) is 5.92 Å². The highest BCUT2D eigenvalue weighted by molar-refractivity contribution is 5.59. The third-order valence-electron chi connectivity index (χ3n) is 2.39. The number of aryl methyl sites for hydroxylation is 2. The monoisotopic (exact) mass is 219 g/mol. The van der Waals surface area contributed by atoms with Crippen LogP contribution in [0.2, 0.25) is 0 Å². The molecule has 1 rings (SSSR count). The van der Waals surface area contributed by atoms with Crippen molar-refractivity contribution in [2.45, 2.75) is 20.8 Å². The highest BCUT2D eigenvalue weighted by Crippen LogP contribution is 2.18. The van der Waals surface area contributed by atoms with Gasteiger partial charge in [0.25, 0.3) is 0 Å². The molecule has 86 valence electrons. The first-order valence-electron chi connectivity index (χ1n) is 5.31. The molecule has 0 saturated heterocycles. The molecule has 1 atom stereocenters. The number of pyridine rings is 1. The maximum atomic E-state index is 9.03. The van der Waals surface area contributed by atoms with Crippen LogP contribution in [0.5, 0.6) is 0 Å². The molecule has 0 bridgehead atoms. The van der Waals surface area contributed by atoms with E-state index in [-0.39, 0.29) is 12.5 Å². The molecule has 4 heteroatoms. The van der Waals surface area contributed by atoms with Gasteiger partial charge in [-0.2, -0.15) is 5.26 Å². The van der Waals surface area contributed by atoms with E-state index in [0.717, 1.165) is 17.1 Å². The second kappa shape index (κ2) is 5.47. The van der Waals surface area contributed by atoms with Crippen LogP contribution in [0.4, 0.5) is 5.69 Å². The number of aromatic nitrogens is 1. The smallest absolute Gasteiger partial charge is 0.103 e. The molecule has 4 nitrogen and oxygen atoms in total. The number of anilines is 1. The van der Waals surface area contributed by atoms with Gasteiger partial charge >= 0.3 is 0 Å². The zero-order valence-corrected chi connectivity index (χ0v) is 9.91. The first kappa shape index (κ1) is 12.5. The predicted molar refractivity (Wildman–Crippen MR) is 63.2 cm³/mol. The lowest BCUT2D eigenvalue weighted by Gasteiger charge is -2.13. The molecule has 0 spiro atoms. The lowest BCUT2D eigenvalue weighted by molar-refractivity contribution is 0.244. The summed E-state index contributed by atoms with van der Waals surface area (Å²) in [4.78, 5) is 4.24. The minimum absolute atomic E-state index is 0.137. The quantitative estimate of drug-likeness (QED) is 0.807. The van der Waals surface area contributed by atoms with Crippen LogP contribution >= 0.6 is 0 Å². The van der Waals surface area contributed by atoms with Crippen molar-refractivity contribution in [1.29, 1.82) is 5.26 Å². The number of rotatable bonds is 4. The van der Waals surface area contributed by atoms with Crippen molar-refractivity contribution in [3.05, 3.63) is 23.0 Å². The topological polar surface area (TPSA) is 68.9 Å². The molecule has 1 unspecified atom stereocenters. The number of hydrogen-bond acceptors (Lipinski definition) is 4. The van der Waals surface area contributed by atoms with E-state index in [1.807, 2.05) is 26.8 Å². The number of nitriles is 1. The summed E-state index contributed by atoms with van der Waals surface area (Å²) in [5.74, 6) is 0.167. The molecule has 1 aromatic heterocycles. The van der Waals surface area contributed by atoms with E-state index >= 15 is 0 Å². The van der Waals surface area contributed by atoms with Gasteiger partial charge in [0, 0.05) is 18.8 Å². The van der Waals surface area contributed by atoms with Gasteiger partial charge in [-0.3, -0.25) is 4.98 Å². The van der Waals surface area contributed by atoms with Gasteiger partial charge in [0.15, 0.2) is 0 Å². The van der Waals surface area contributed by atoms with E-state index < -0.39 is 0 Å². The molecule has 0 amide bonds. The molecule has 0 fully saturated rings. The van der Waals surface area contributed by atoms with Crippen LogP contribution in [-0.4, -0.2) is 23.2 Å². The van der Waals surface area contributed by atoms with Gasteiger partial charge in [0.05, 0.1) is 16.9 Å². The Labute approximate surface area is 95.9 Å². The van der Waals surface area contributed by atoms with Crippen molar-refractivity contribution in [3.8, 4) is 6.07 Å². The summed E-state index contributed by atoms with van der Waals surface area (Å²) < 4.78 is 0. The average Bonchev–Trinajstić information content (AvgIpc) is 2.25. The van der Waals surface area contributed by atoms with E-state index in [2.05, 4.69) is 16.4 Å². The van der Waals surface area contributed by atoms with Gasteiger partial charge in [-0.15, -0.1) is 0 Å². The molecule has 0 aliphatic heterocycles. The third kappa shape index (κ3) is 2.94. The second-order valence-electron chi connectivity index (χ2n) is 4.05. The van der Waals surface area contributed by atoms with E-state index in [9.17, 15) is 0 Å². The molecular formula is C12H17N3O. The Bertz CT molecular complexity index is 409. The van der Waals surface area contributed by atoms with Crippen LogP contribution in [0.3, 0.4) is 0 Å². The van der Waals surface area contributed by atoms with Crippen molar-refractivity contribution in [1.82, 2.24) is 4.98 Å². The molecule has 0 radical (unpaired) electrons. The van der Waals surface area contributed by atoms with Gasteiger partial charge in [0.2, 0.25) is 0 Å². The standard InChI is InChI=1S/C12H17N3O/c1-8(7-16)6-14-12-4-9(2)15-10(3)11(12)5-13/h4,8,16H,6-7H2,1-3H3,(H,14,15). The minimum atomic E-state index is 0.137. The zero-order valence-electron chi connectivity index (χ0n) is 9.91. The van der Waals surface area contributed by atoms with E-state index in [0.29, 0.717) is 12.1 Å². The number of nitrogens with zero attached hydrogens (tertiary/aromatic N) is 2. The molecule has 16 heavy (non-hydrogen) atoms. The summed E-state index contributed by atoms with van der Waals surface area (Å²) >= 11 is 0.